The lowest BCUT2D eigenvalue weighted by atomic mass is 9.91. The van der Waals surface area contributed by atoms with E-state index < -0.39 is 0 Å². The molecule has 2 heterocycles. The van der Waals surface area contributed by atoms with E-state index in [2.05, 4.69) is 11.8 Å². The predicted molar refractivity (Wildman–Crippen MR) is 81.6 cm³/mol. The van der Waals surface area contributed by atoms with Crippen molar-refractivity contribution < 1.29 is 9.72 Å². The first-order valence-corrected chi connectivity index (χ1v) is 7.90. The Labute approximate surface area is 128 Å². The van der Waals surface area contributed by atoms with Crippen LogP contribution in [0.2, 0.25) is 0 Å². The molecule has 1 saturated heterocycles. The molecular weight excluding hydrogens is 282 g/mol. The molecule has 0 bridgehead atoms. The van der Waals surface area contributed by atoms with Gasteiger partial charge in [0, 0.05) is 29.9 Å². The number of nitrogens with zero attached hydrogens (tertiary/aromatic N) is 3. The fraction of sp³-hybridized carbons (Fsp3) is 0.562. The average molecular weight is 301 g/mol. The van der Waals surface area contributed by atoms with Gasteiger partial charge in [-0.15, -0.1) is 0 Å². The van der Waals surface area contributed by atoms with E-state index >= 15 is 0 Å². The van der Waals surface area contributed by atoms with Gasteiger partial charge in [-0.3, -0.25) is 14.9 Å². The second kappa shape index (κ2) is 4.69. The van der Waals surface area contributed by atoms with Crippen LogP contribution in [-0.4, -0.2) is 34.5 Å². The number of rotatable bonds is 3. The van der Waals surface area contributed by atoms with Crippen LogP contribution in [0.3, 0.4) is 0 Å². The van der Waals surface area contributed by atoms with Gasteiger partial charge in [0.25, 0.3) is 5.69 Å². The van der Waals surface area contributed by atoms with Gasteiger partial charge in [-0.1, -0.05) is 6.42 Å². The van der Waals surface area contributed by atoms with Gasteiger partial charge >= 0.3 is 0 Å². The van der Waals surface area contributed by atoms with Crippen LogP contribution in [0, 0.1) is 16.0 Å². The average Bonchev–Trinajstić information content (AvgIpc) is 3.05. The third kappa shape index (κ3) is 1.82. The predicted octanol–water partition coefficient (Wildman–Crippen LogP) is 2.31. The molecule has 1 aromatic carbocycles. The Hall–Kier alpha value is -2.11. The molecule has 22 heavy (non-hydrogen) atoms. The lowest BCUT2D eigenvalue weighted by molar-refractivity contribution is -0.384. The first kappa shape index (κ1) is 13.5. The number of non-ortho nitro benzene ring substituents is 1. The van der Waals surface area contributed by atoms with E-state index in [0.29, 0.717) is 12.7 Å². The molecule has 116 valence electrons. The molecule has 0 spiro atoms. The fourth-order valence-electron chi connectivity index (χ4n) is 4.25. The van der Waals surface area contributed by atoms with E-state index in [9.17, 15) is 14.9 Å². The molecule has 1 aromatic rings. The van der Waals surface area contributed by atoms with E-state index in [-0.39, 0.29) is 28.5 Å². The second-order valence-corrected chi connectivity index (χ2v) is 6.65. The molecule has 2 fully saturated rings. The van der Waals surface area contributed by atoms with Crippen molar-refractivity contribution in [3.05, 3.63) is 33.9 Å². The van der Waals surface area contributed by atoms with Crippen LogP contribution >= 0.6 is 0 Å². The number of hydrogen-bond acceptors (Lipinski definition) is 4. The summed E-state index contributed by atoms with van der Waals surface area (Å²) in [5.74, 6) is 0.541. The van der Waals surface area contributed by atoms with Gasteiger partial charge in [0.2, 0.25) is 5.91 Å². The Morgan fingerprint density at radius 2 is 2.14 bits per heavy atom. The molecule has 1 amide bonds. The molecule has 4 rings (SSSR count). The summed E-state index contributed by atoms with van der Waals surface area (Å²) in [7, 11) is 0. The summed E-state index contributed by atoms with van der Waals surface area (Å²) >= 11 is 0. The van der Waals surface area contributed by atoms with Gasteiger partial charge in [0.1, 0.15) is 0 Å². The number of nitro benzene ring substituents is 1. The van der Waals surface area contributed by atoms with Gasteiger partial charge in [0.15, 0.2) is 0 Å². The highest BCUT2D eigenvalue weighted by Gasteiger charge is 2.50. The fourth-order valence-corrected chi connectivity index (χ4v) is 4.25. The number of fused-ring (bicyclic) bond motifs is 2. The van der Waals surface area contributed by atoms with Crippen LogP contribution in [0.5, 0.6) is 0 Å². The Morgan fingerprint density at radius 3 is 2.91 bits per heavy atom. The van der Waals surface area contributed by atoms with Crippen molar-refractivity contribution in [2.45, 2.75) is 44.7 Å². The summed E-state index contributed by atoms with van der Waals surface area (Å²) in [5.41, 5.74) is 2.19. The molecule has 6 nitrogen and oxygen atoms in total. The summed E-state index contributed by atoms with van der Waals surface area (Å²) in [6.45, 7) is 2.73. The maximum atomic E-state index is 12.2. The molecule has 0 aromatic heterocycles. The quantitative estimate of drug-likeness (QED) is 0.488. The number of amides is 1. The normalized spacial score (nSPS) is 29.3. The van der Waals surface area contributed by atoms with Crippen molar-refractivity contribution in [3.63, 3.8) is 0 Å². The van der Waals surface area contributed by atoms with E-state index in [1.165, 1.54) is 0 Å². The highest BCUT2D eigenvalue weighted by molar-refractivity contribution is 5.87. The first-order chi connectivity index (χ1) is 10.6. The second-order valence-electron chi connectivity index (χ2n) is 6.65. The monoisotopic (exact) mass is 301 g/mol. The Bertz CT molecular complexity index is 660. The molecule has 3 aliphatic rings. The smallest absolute Gasteiger partial charge is 0.269 e. The lowest BCUT2D eigenvalue weighted by Crippen LogP contribution is -2.61. The number of anilines is 1. The Kier molecular flexibility index (Phi) is 2.89. The SMILES string of the molecule is C[C@@H]1Cc2cc([N+](=O)[O-])ccc2N1CN1C(=O)[C@H]2CCC[C@@H]21. The number of carbonyl (C=O) groups excluding carboxylic acids is 1. The van der Waals surface area contributed by atoms with Gasteiger partial charge in [0.05, 0.1) is 17.5 Å². The third-order valence-corrected chi connectivity index (χ3v) is 5.42. The minimum atomic E-state index is -0.352. The molecule has 6 heteroatoms. The number of carbonyl (C=O) groups is 1. The zero-order chi connectivity index (χ0) is 15.4. The molecule has 0 N–H and O–H groups in total. The van der Waals surface area contributed by atoms with E-state index in [4.69, 9.17) is 0 Å². The standard InChI is InChI=1S/C16H19N3O3/c1-10-7-11-8-12(19(21)22)5-6-14(11)17(10)9-18-15-4-2-3-13(15)16(18)20/h5-6,8,10,13,15H,2-4,7,9H2,1H3/t10-,13+,15+/m1/s1. The van der Waals surface area contributed by atoms with Gasteiger partial charge in [-0.2, -0.15) is 0 Å². The number of hydrogen-bond donors (Lipinski definition) is 0. The van der Waals surface area contributed by atoms with Crippen LogP contribution in [0.25, 0.3) is 0 Å². The third-order valence-electron chi connectivity index (χ3n) is 5.42. The lowest BCUT2D eigenvalue weighted by Gasteiger charge is -2.46. The van der Waals surface area contributed by atoms with Crippen LogP contribution in [-0.2, 0) is 11.2 Å². The number of nitro groups is 1. The zero-order valence-electron chi connectivity index (χ0n) is 12.6. The van der Waals surface area contributed by atoms with Gasteiger partial charge in [-0.05, 0) is 37.8 Å². The first-order valence-electron chi connectivity index (χ1n) is 7.90. The van der Waals surface area contributed by atoms with Crippen LogP contribution in [0.4, 0.5) is 11.4 Å². The van der Waals surface area contributed by atoms with Crippen molar-refractivity contribution in [2.24, 2.45) is 5.92 Å². The minimum Gasteiger partial charge on any atom is -0.350 e. The summed E-state index contributed by atoms with van der Waals surface area (Å²) < 4.78 is 0. The largest absolute Gasteiger partial charge is 0.350 e. The van der Waals surface area contributed by atoms with E-state index in [1.807, 2.05) is 11.0 Å². The molecule has 2 aliphatic heterocycles. The molecule has 1 aliphatic carbocycles. The minimum absolute atomic E-state index is 0.142. The van der Waals surface area contributed by atoms with E-state index in [1.54, 1.807) is 12.1 Å². The van der Waals surface area contributed by atoms with Crippen molar-refractivity contribution in [3.8, 4) is 0 Å². The van der Waals surface area contributed by atoms with Crippen molar-refractivity contribution >= 4 is 17.3 Å². The van der Waals surface area contributed by atoms with Crippen LogP contribution in [0.15, 0.2) is 18.2 Å². The molecule has 0 unspecified atom stereocenters. The van der Waals surface area contributed by atoms with Crippen LogP contribution in [0.1, 0.15) is 31.7 Å². The summed E-state index contributed by atoms with van der Waals surface area (Å²) in [6.07, 6.45) is 4.10. The highest BCUT2D eigenvalue weighted by atomic mass is 16.6. The van der Waals surface area contributed by atoms with Crippen LogP contribution < -0.4 is 4.90 Å². The van der Waals surface area contributed by atoms with Gasteiger partial charge < -0.3 is 9.80 Å². The van der Waals surface area contributed by atoms with E-state index in [0.717, 1.165) is 36.9 Å². The molecule has 0 radical (unpaired) electrons. The summed E-state index contributed by atoms with van der Waals surface area (Å²) in [6, 6.07) is 5.74. The number of likely N-dealkylation sites (tertiary alicyclic amines) is 1. The number of β-lactam (4-membered cyclic amide) rings is 1. The molecule has 3 atom stereocenters. The molecule has 1 saturated carbocycles. The number of benzene rings is 1. The van der Waals surface area contributed by atoms with Crippen molar-refractivity contribution in [1.29, 1.82) is 0 Å². The summed E-state index contributed by atoms with van der Waals surface area (Å²) in [5, 5.41) is 10.9. The Morgan fingerprint density at radius 1 is 1.32 bits per heavy atom. The summed E-state index contributed by atoms with van der Waals surface area (Å²) in [4.78, 5) is 27.0. The van der Waals surface area contributed by atoms with Crippen molar-refractivity contribution in [2.75, 3.05) is 11.6 Å². The van der Waals surface area contributed by atoms with Gasteiger partial charge in [-0.25, -0.2) is 0 Å². The zero-order valence-corrected chi connectivity index (χ0v) is 12.6. The molecular formula is C16H19N3O3. The highest BCUT2D eigenvalue weighted by Crippen LogP contribution is 2.42. The maximum Gasteiger partial charge on any atom is 0.269 e. The van der Waals surface area contributed by atoms with Crippen molar-refractivity contribution in [1.82, 2.24) is 4.90 Å². The topological polar surface area (TPSA) is 66.7 Å². The Balaban J connectivity index is 1.57. The maximum absolute atomic E-state index is 12.2.